The highest BCUT2D eigenvalue weighted by Crippen LogP contribution is 2.32. The van der Waals surface area contributed by atoms with E-state index in [1.165, 1.54) is 23.9 Å². The Morgan fingerprint density at radius 2 is 1.88 bits per heavy atom. The number of amides is 1. The summed E-state index contributed by atoms with van der Waals surface area (Å²) >= 11 is 1.21. The zero-order valence-corrected chi connectivity index (χ0v) is 14.4. The number of rotatable bonds is 4. The Morgan fingerprint density at radius 1 is 1.12 bits per heavy atom. The SMILES string of the molecule is COc1ccc(OC)c(/C=C2/SC(=Nc3ccc(F)cc3)NC2=O)c1. The summed E-state index contributed by atoms with van der Waals surface area (Å²) in [4.78, 5) is 17.0. The van der Waals surface area contributed by atoms with Gasteiger partial charge in [-0.15, -0.1) is 0 Å². The molecular weight excluding hydrogens is 343 g/mol. The van der Waals surface area contributed by atoms with E-state index >= 15 is 0 Å². The molecule has 0 atom stereocenters. The van der Waals surface area contributed by atoms with Crippen LogP contribution in [0.25, 0.3) is 6.08 Å². The van der Waals surface area contributed by atoms with Gasteiger partial charge in [0.2, 0.25) is 0 Å². The summed E-state index contributed by atoms with van der Waals surface area (Å²) in [6.07, 6.45) is 1.72. The molecule has 0 bridgehead atoms. The average molecular weight is 358 g/mol. The molecule has 1 fully saturated rings. The summed E-state index contributed by atoms with van der Waals surface area (Å²) in [5.74, 6) is 0.704. The van der Waals surface area contributed by atoms with Crippen LogP contribution >= 0.6 is 11.8 Å². The first-order valence-corrected chi connectivity index (χ1v) is 8.18. The Bertz CT molecular complexity index is 863. The largest absolute Gasteiger partial charge is 0.497 e. The van der Waals surface area contributed by atoms with Crippen LogP contribution in [0.3, 0.4) is 0 Å². The molecular formula is C18H15FN2O3S. The van der Waals surface area contributed by atoms with Crippen LogP contribution in [0.15, 0.2) is 52.4 Å². The zero-order valence-electron chi connectivity index (χ0n) is 13.6. The Hall–Kier alpha value is -2.80. The molecule has 0 unspecified atom stereocenters. The van der Waals surface area contributed by atoms with Crippen molar-refractivity contribution in [2.75, 3.05) is 14.2 Å². The van der Waals surface area contributed by atoms with Crippen LogP contribution in [0, 0.1) is 5.82 Å². The van der Waals surface area contributed by atoms with Gasteiger partial charge in [-0.1, -0.05) is 0 Å². The lowest BCUT2D eigenvalue weighted by Crippen LogP contribution is -2.19. The van der Waals surface area contributed by atoms with Gasteiger partial charge in [0.1, 0.15) is 17.3 Å². The highest BCUT2D eigenvalue weighted by Gasteiger charge is 2.24. The molecule has 0 saturated carbocycles. The first-order valence-electron chi connectivity index (χ1n) is 7.36. The van der Waals surface area contributed by atoms with Crippen LogP contribution in [0.2, 0.25) is 0 Å². The lowest BCUT2D eigenvalue weighted by Gasteiger charge is -2.07. The van der Waals surface area contributed by atoms with E-state index in [1.54, 1.807) is 50.6 Å². The fraction of sp³-hybridized carbons (Fsp3) is 0.111. The highest BCUT2D eigenvalue weighted by molar-refractivity contribution is 8.18. The van der Waals surface area contributed by atoms with Gasteiger partial charge in [0.15, 0.2) is 5.17 Å². The van der Waals surface area contributed by atoms with E-state index < -0.39 is 0 Å². The number of hydrogen-bond acceptors (Lipinski definition) is 5. The van der Waals surface area contributed by atoms with Crippen molar-refractivity contribution >= 4 is 34.6 Å². The van der Waals surface area contributed by atoms with Crippen LogP contribution in [-0.4, -0.2) is 25.3 Å². The number of nitrogens with one attached hydrogen (secondary N) is 1. The molecule has 2 aromatic rings. The average Bonchev–Trinajstić information content (AvgIpc) is 2.96. The number of methoxy groups -OCH3 is 2. The maximum Gasteiger partial charge on any atom is 0.264 e. The van der Waals surface area contributed by atoms with Gasteiger partial charge in [-0.05, 0) is 60.3 Å². The van der Waals surface area contributed by atoms with E-state index in [2.05, 4.69) is 10.3 Å². The first kappa shape index (κ1) is 17.0. The summed E-state index contributed by atoms with van der Waals surface area (Å²) in [7, 11) is 3.14. The molecule has 1 N–H and O–H groups in total. The molecule has 0 spiro atoms. The summed E-state index contributed by atoms with van der Waals surface area (Å²) < 4.78 is 23.5. The monoisotopic (exact) mass is 358 g/mol. The van der Waals surface area contributed by atoms with E-state index in [1.807, 2.05) is 0 Å². The molecule has 1 aliphatic heterocycles. The number of ether oxygens (including phenoxy) is 2. The van der Waals surface area contributed by atoms with E-state index in [4.69, 9.17) is 9.47 Å². The second-order valence-corrected chi connectivity index (χ2v) is 6.10. The van der Waals surface area contributed by atoms with Gasteiger partial charge in [0.25, 0.3) is 5.91 Å². The number of aliphatic imine (C=N–C) groups is 1. The highest BCUT2D eigenvalue weighted by atomic mass is 32.2. The fourth-order valence-electron chi connectivity index (χ4n) is 2.21. The van der Waals surface area contributed by atoms with Gasteiger partial charge >= 0.3 is 0 Å². The molecule has 1 heterocycles. The van der Waals surface area contributed by atoms with Crippen molar-refractivity contribution in [1.29, 1.82) is 0 Å². The Balaban J connectivity index is 1.87. The molecule has 1 amide bonds. The molecule has 0 radical (unpaired) electrons. The molecule has 3 rings (SSSR count). The normalized spacial score (nSPS) is 17.0. The van der Waals surface area contributed by atoms with Crippen molar-refractivity contribution < 1.29 is 18.7 Å². The maximum absolute atomic E-state index is 12.9. The molecule has 1 aliphatic rings. The fourth-order valence-corrected chi connectivity index (χ4v) is 3.04. The number of hydrogen-bond donors (Lipinski definition) is 1. The molecule has 0 aromatic heterocycles. The van der Waals surface area contributed by atoms with Crippen LogP contribution in [-0.2, 0) is 4.79 Å². The molecule has 2 aromatic carbocycles. The second-order valence-electron chi connectivity index (χ2n) is 5.07. The zero-order chi connectivity index (χ0) is 17.8. The number of benzene rings is 2. The van der Waals surface area contributed by atoms with Crippen LogP contribution < -0.4 is 14.8 Å². The lowest BCUT2D eigenvalue weighted by atomic mass is 10.1. The van der Waals surface area contributed by atoms with Gasteiger partial charge in [0.05, 0.1) is 24.8 Å². The maximum atomic E-state index is 12.9. The predicted octanol–water partition coefficient (Wildman–Crippen LogP) is 3.73. The molecule has 7 heteroatoms. The Labute approximate surface area is 148 Å². The first-order chi connectivity index (χ1) is 12.1. The molecule has 0 aliphatic carbocycles. The minimum atomic E-state index is -0.335. The number of carbonyl (C=O) groups excluding carboxylic acids is 1. The van der Waals surface area contributed by atoms with Crippen molar-refractivity contribution in [1.82, 2.24) is 5.32 Å². The minimum absolute atomic E-state index is 0.254. The van der Waals surface area contributed by atoms with Gasteiger partial charge in [-0.2, -0.15) is 0 Å². The third-order valence-electron chi connectivity index (χ3n) is 3.43. The van der Waals surface area contributed by atoms with Gasteiger partial charge in [0, 0.05) is 5.56 Å². The molecule has 1 saturated heterocycles. The Morgan fingerprint density at radius 3 is 2.56 bits per heavy atom. The second kappa shape index (κ2) is 7.40. The topological polar surface area (TPSA) is 59.9 Å². The smallest absolute Gasteiger partial charge is 0.264 e. The van der Waals surface area contributed by atoms with E-state index in [9.17, 15) is 9.18 Å². The number of amidine groups is 1. The summed E-state index contributed by atoms with van der Waals surface area (Å²) in [5.41, 5.74) is 1.28. The van der Waals surface area contributed by atoms with E-state index in [-0.39, 0.29) is 11.7 Å². The standard InChI is InChI=1S/C18H15FN2O3S/c1-23-14-7-8-15(24-2)11(9-14)10-16-17(22)21-18(25-16)20-13-5-3-12(19)4-6-13/h3-10H,1-2H3,(H,20,21,22)/b16-10+. The predicted molar refractivity (Wildman–Crippen MR) is 96.8 cm³/mol. The number of halogens is 1. The number of nitrogens with zero attached hydrogens (tertiary/aromatic N) is 1. The van der Waals surface area contributed by atoms with Crippen molar-refractivity contribution in [3.63, 3.8) is 0 Å². The van der Waals surface area contributed by atoms with Gasteiger partial charge < -0.3 is 14.8 Å². The van der Waals surface area contributed by atoms with E-state index in [0.717, 1.165) is 5.56 Å². The molecule has 25 heavy (non-hydrogen) atoms. The third kappa shape index (κ3) is 4.00. The van der Waals surface area contributed by atoms with Crippen LogP contribution in [0.5, 0.6) is 11.5 Å². The van der Waals surface area contributed by atoms with Crippen molar-refractivity contribution in [3.05, 3.63) is 58.8 Å². The summed E-state index contributed by atoms with van der Waals surface area (Å²) in [6, 6.07) is 11.1. The number of thioether (sulfide) groups is 1. The molecule has 128 valence electrons. The van der Waals surface area contributed by atoms with E-state index in [0.29, 0.717) is 27.3 Å². The van der Waals surface area contributed by atoms with Gasteiger partial charge in [-0.25, -0.2) is 9.38 Å². The quantitative estimate of drug-likeness (QED) is 0.846. The third-order valence-corrected chi connectivity index (χ3v) is 4.34. The number of carbonyl (C=O) groups is 1. The minimum Gasteiger partial charge on any atom is -0.497 e. The Kier molecular flexibility index (Phi) is 5.04. The molecule has 5 nitrogen and oxygen atoms in total. The van der Waals surface area contributed by atoms with Crippen molar-refractivity contribution in [2.24, 2.45) is 4.99 Å². The van der Waals surface area contributed by atoms with Crippen LogP contribution in [0.1, 0.15) is 5.56 Å². The summed E-state index contributed by atoms with van der Waals surface area (Å²) in [5, 5.41) is 3.13. The lowest BCUT2D eigenvalue weighted by molar-refractivity contribution is -0.115. The van der Waals surface area contributed by atoms with Crippen molar-refractivity contribution in [3.8, 4) is 11.5 Å². The van der Waals surface area contributed by atoms with Crippen LogP contribution in [0.4, 0.5) is 10.1 Å². The van der Waals surface area contributed by atoms with Gasteiger partial charge in [-0.3, -0.25) is 4.79 Å². The van der Waals surface area contributed by atoms with Crippen molar-refractivity contribution in [2.45, 2.75) is 0 Å². The summed E-state index contributed by atoms with van der Waals surface area (Å²) in [6.45, 7) is 0.